The Hall–Kier alpha value is -1.93. The Balaban J connectivity index is 0.000000233. The Morgan fingerprint density at radius 3 is 2.19 bits per heavy atom. The molecule has 0 aliphatic heterocycles. The fourth-order valence-corrected chi connectivity index (χ4v) is 8.70. The van der Waals surface area contributed by atoms with Gasteiger partial charge in [0.2, 0.25) is 0 Å². The molecular weight excluding hydrogens is 472 g/mol. The molecule has 4 aliphatic rings. The quantitative estimate of drug-likeness (QED) is 0.181. The van der Waals surface area contributed by atoms with E-state index in [1.54, 1.807) is 0 Å². The largest absolute Gasteiger partial charge is 0.464 e. The van der Waals surface area contributed by atoms with Gasteiger partial charge in [-0.1, -0.05) is 54.0 Å². The maximum atomic E-state index is 12.8. The third-order valence-electron chi connectivity index (χ3n) is 11.2. The van der Waals surface area contributed by atoms with Crippen molar-refractivity contribution in [2.24, 2.45) is 45.3 Å². The second kappa shape index (κ2) is 10.3. The molecule has 4 rings (SSSR count). The Kier molecular flexibility index (Phi) is 8.27. The molecule has 4 fully saturated rings. The Morgan fingerprint density at radius 2 is 1.68 bits per heavy atom. The number of ketones is 1. The molecule has 0 radical (unpaired) electrons. The molecule has 37 heavy (non-hydrogen) atoms. The lowest BCUT2D eigenvalue weighted by Crippen LogP contribution is -2.80. The first-order valence-corrected chi connectivity index (χ1v) is 14.0. The van der Waals surface area contributed by atoms with Crippen LogP contribution in [0.15, 0.2) is 12.7 Å². The lowest BCUT2D eigenvalue weighted by molar-refractivity contribution is -0.340. The topological polar surface area (TPSA) is 130 Å². The van der Waals surface area contributed by atoms with Gasteiger partial charge in [-0.3, -0.25) is 4.79 Å². The Labute approximate surface area is 222 Å². The molecule has 0 aromatic rings. The molecule has 210 valence electrons. The molecule has 0 aromatic heterocycles. The Morgan fingerprint density at radius 1 is 1.08 bits per heavy atom. The van der Waals surface area contributed by atoms with E-state index in [9.17, 15) is 19.5 Å². The lowest BCUT2D eigenvalue weighted by Gasteiger charge is -2.82. The maximum absolute atomic E-state index is 12.8. The van der Waals surface area contributed by atoms with Crippen LogP contribution in [0.2, 0.25) is 0 Å². The van der Waals surface area contributed by atoms with Gasteiger partial charge in [-0.05, 0) is 73.5 Å². The summed E-state index contributed by atoms with van der Waals surface area (Å²) >= 11 is 0. The standard InChI is InChI=1S/C21H34O2.C8H14N2O4/c1-8-15(22)21-12-20(7)13(3)16(23)18(5,9-2)10-11-19(6,14(21)4)17(20)21;9-10(7(11)12)8(13)14-6-4-2-1-3-5-6/h9,13-14,16-17,23H,2,8,10-12H2,1,3-7H3;6H,1-5,9H2,(H,11,12)/t13-,14?,16?,17?,18+,19+,20?,21?;/m0./s1. The van der Waals surface area contributed by atoms with Gasteiger partial charge in [-0.25, -0.2) is 15.4 Å². The number of nitrogens with zero attached hydrogens (tertiary/aromatic N) is 1. The molecule has 2 amide bonds. The van der Waals surface area contributed by atoms with E-state index in [0.29, 0.717) is 24.0 Å². The minimum Gasteiger partial charge on any atom is -0.464 e. The van der Waals surface area contributed by atoms with Crippen LogP contribution in [0, 0.1) is 39.4 Å². The summed E-state index contributed by atoms with van der Waals surface area (Å²) in [6, 6.07) is 0. The van der Waals surface area contributed by atoms with Crippen LogP contribution >= 0.6 is 0 Å². The molecule has 8 atom stereocenters. The second-order valence-electron chi connectivity index (χ2n) is 12.9. The maximum Gasteiger partial charge on any atom is 0.434 e. The van der Waals surface area contributed by atoms with Gasteiger partial charge in [0, 0.05) is 17.3 Å². The summed E-state index contributed by atoms with van der Waals surface area (Å²) in [5, 5.41) is 19.5. The average Bonchev–Trinajstić information content (AvgIpc) is 2.88. The predicted molar refractivity (Wildman–Crippen MR) is 141 cm³/mol. The zero-order chi connectivity index (χ0) is 28.0. The molecule has 0 bridgehead atoms. The van der Waals surface area contributed by atoms with E-state index in [1.807, 2.05) is 13.0 Å². The molecule has 5 unspecified atom stereocenters. The average molecular weight is 521 g/mol. The van der Waals surface area contributed by atoms with E-state index in [1.165, 1.54) is 0 Å². The van der Waals surface area contributed by atoms with Crippen LogP contribution < -0.4 is 5.84 Å². The van der Waals surface area contributed by atoms with Gasteiger partial charge in [0.1, 0.15) is 11.9 Å². The monoisotopic (exact) mass is 520 g/mol. The number of Topliss-reactive ketones (excluding diaryl/α,β-unsaturated/α-hetero) is 1. The molecule has 0 saturated heterocycles. The van der Waals surface area contributed by atoms with Crippen LogP contribution in [0.25, 0.3) is 0 Å². The molecule has 4 aliphatic carbocycles. The van der Waals surface area contributed by atoms with Crippen LogP contribution in [0.3, 0.4) is 0 Å². The van der Waals surface area contributed by atoms with E-state index >= 15 is 0 Å². The molecule has 4 N–H and O–H groups in total. The van der Waals surface area contributed by atoms with E-state index in [0.717, 1.165) is 51.4 Å². The highest BCUT2D eigenvalue weighted by atomic mass is 16.6. The number of amides is 2. The number of rotatable bonds is 4. The molecular formula is C29H48N2O6. The van der Waals surface area contributed by atoms with Crippen molar-refractivity contribution < 1.29 is 29.3 Å². The minimum atomic E-state index is -1.51. The number of nitrogens with two attached hydrogens (primary N) is 1. The number of aliphatic hydroxyl groups excluding tert-OH is 1. The number of imide groups is 1. The second-order valence-corrected chi connectivity index (χ2v) is 12.9. The number of hydrazine groups is 1. The van der Waals surface area contributed by atoms with E-state index in [-0.39, 0.29) is 44.8 Å². The van der Waals surface area contributed by atoms with Crippen molar-refractivity contribution in [2.45, 2.75) is 112 Å². The number of carbonyl (C=O) groups excluding carboxylic acids is 2. The zero-order valence-corrected chi connectivity index (χ0v) is 23.6. The van der Waals surface area contributed by atoms with Crippen molar-refractivity contribution in [3.63, 3.8) is 0 Å². The van der Waals surface area contributed by atoms with Gasteiger partial charge < -0.3 is 14.9 Å². The number of ether oxygens (including phenoxy) is 1. The van der Waals surface area contributed by atoms with Gasteiger partial charge in [-0.2, -0.15) is 0 Å². The van der Waals surface area contributed by atoms with Crippen molar-refractivity contribution in [3.05, 3.63) is 12.7 Å². The van der Waals surface area contributed by atoms with E-state index in [4.69, 9.17) is 15.7 Å². The van der Waals surface area contributed by atoms with Crippen molar-refractivity contribution >= 4 is 18.0 Å². The SMILES string of the molecule is C=C[C@]1(C)CC[C@]2(C)C(C)C3(C(=O)CC)CC(C)(C32)[C@@H](C)C1O.NN(C(=O)O)C(=O)OC1CCCCC1. The summed E-state index contributed by atoms with van der Waals surface area (Å²) in [4.78, 5) is 34.1. The first kappa shape index (κ1) is 29.6. The predicted octanol–water partition coefficient (Wildman–Crippen LogP) is 5.93. The first-order valence-electron chi connectivity index (χ1n) is 14.0. The zero-order valence-electron chi connectivity index (χ0n) is 23.6. The van der Waals surface area contributed by atoms with Gasteiger partial charge in [0.05, 0.1) is 6.10 Å². The van der Waals surface area contributed by atoms with Crippen molar-refractivity contribution in [1.82, 2.24) is 5.01 Å². The molecule has 0 spiro atoms. The number of aliphatic hydroxyl groups is 1. The van der Waals surface area contributed by atoms with Crippen molar-refractivity contribution in [1.29, 1.82) is 0 Å². The summed E-state index contributed by atoms with van der Waals surface area (Å²) in [5.74, 6) is 6.48. The van der Waals surface area contributed by atoms with Gasteiger partial charge in [0.25, 0.3) is 0 Å². The summed E-state index contributed by atoms with van der Waals surface area (Å²) in [6.45, 7) is 17.4. The first-order chi connectivity index (χ1) is 17.2. The van der Waals surface area contributed by atoms with Crippen LogP contribution in [0.4, 0.5) is 9.59 Å². The highest BCUT2D eigenvalue weighted by Gasteiger charge is 2.82. The smallest absolute Gasteiger partial charge is 0.434 e. The van der Waals surface area contributed by atoms with Crippen LogP contribution in [-0.4, -0.2) is 45.4 Å². The fourth-order valence-electron chi connectivity index (χ4n) is 8.70. The van der Waals surface area contributed by atoms with Crippen LogP contribution in [0.5, 0.6) is 0 Å². The molecule has 8 heteroatoms. The number of hydrogen-bond acceptors (Lipinski definition) is 6. The summed E-state index contributed by atoms with van der Waals surface area (Å²) in [5.41, 5.74) is -0.0421. The van der Waals surface area contributed by atoms with Crippen LogP contribution in [0.1, 0.15) is 99.3 Å². The molecule has 8 nitrogen and oxygen atoms in total. The fraction of sp³-hybridized carbons (Fsp3) is 0.828. The molecule has 0 heterocycles. The van der Waals surface area contributed by atoms with Gasteiger partial charge in [-0.15, -0.1) is 11.6 Å². The summed E-state index contributed by atoms with van der Waals surface area (Å²) < 4.78 is 4.90. The van der Waals surface area contributed by atoms with Gasteiger partial charge >= 0.3 is 12.2 Å². The highest BCUT2D eigenvalue weighted by molar-refractivity contribution is 5.88. The van der Waals surface area contributed by atoms with Crippen LogP contribution in [-0.2, 0) is 9.53 Å². The Bertz CT molecular complexity index is 918. The van der Waals surface area contributed by atoms with E-state index in [2.05, 4.69) is 41.2 Å². The number of hydrogen-bond donors (Lipinski definition) is 3. The third kappa shape index (κ3) is 4.52. The highest BCUT2D eigenvalue weighted by Crippen LogP contribution is 2.84. The summed E-state index contributed by atoms with van der Waals surface area (Å²) in [6.07, 6.45) is 7.30. The lowest BCUT2D eigenvalue weighted by atomic mass is 9.21. The van der Waals surface area contributed by atoms with Crippen molar-refractivity contribution in [2.75, 3.05) is 0 Å². The summed E-state index contributed by atoms with van der Waals surface area (Å²) in [7, 11) is 0. The minimum absolute atomic E-state index is 0.0641. The van der Waals surface area contributed by atoms with Crippen molar-refractivity contribution in [3.8, 4) is 0 Å². The van der Waals surface area contributed by atoms with E-state index < -0.39 is 12.2 Å². The molecule has 0 aromatic carbocycles. The normalized spacial score (nSPS) is 42.7. The third-order valence-corrected chi connectivity index (χ3v) is 11.2. The van der Waals surface area contributed by atoms with Gasteiger partial charge in [0.15, 0.2) is 0 Å². The number of carboxylic acid groups (broad SMARTS) is 1. The number of carbonyl (C=O) groups is 3. The molecule has 4 saturated carbocycles.